The Hall–Kier alpha value is -3.12. The molecule has 0 saturated carbocycles. The van der Waals surface area contributed by atoms with E-state index in [0.29, 0.717) is 5.69 Å². The molecule has 1 fully saturated rings. The van der Waals surface area contributed by atoms with E-state index in [-0.39, 0.29) is 5.91 Å². The number of carbonyl (C=O) groups is 1. The number of hydrogen-bond acceptors (Lipinski definition) is 4. The SMILES string of the molecule is CCN1CCN(c2ccc(NC(=O)c3nn(-c4ccccc4)c4c3CCC4)c(C)c2)CC1. The molecule has 6 nitrogen and oxygen atoms in total. The maximum Gasteiger partial charge on any atom is 0.276 e. The lowest BCUT2D eigenvalue weighted by Gasteiger charge is -2.35. The largest absolute Gasteiger partial charge is 0.369 e. The molecule has 2 heterocycles. The third kappa shape index (κ3) is 3.91. The molecule has 0 atom stereocenters. The Morgan fingerprint density at radius 3 is 2.50 bits per heavy atom. The summed E-state index contributed by atoms with van der Waals surface area (Å²) in [7, 11) is 0. The molecule has 2 aliphatic rings. The maximum absolute atomic E-state index is 13.2. The van der Waals surface area contributed by atoms with Gasteiger partial charge in [-0.05, 0) is 68.6 Å². The number of nitrogens with one attached hydrogen (secondary N) is 1. The predicted octanol–water partition coefficient (Wildman–Crippen LogP) is 4.06. The van der Waals surface area contributed by atoms with Crippen molar-refractivity contribution in [1.82, 2.24) is 14.7 Å². The highest BCUT2D eigenvalue weighted by Crippen LogP contribution is 2.29. The Morgan fingerprint density at radius 1 is 1.00 bits per heavy atom. The summed E-state index contributed by atoms with van der Waals surface area (Å²) in [6.07, 6.45) is 2.94. The molecular weight excluding hydrogens is 398 g/mol. The average molecular weight is 430 g/mol. The molecule has 0 bridgehead atoms. The van der Waals surface area contributed by atoms with E-state index in [9.17, 15) is 4.79 Å². The van der Waals surface area contributed by atoms with Crippen molar-refractivity contribution in [3.05, 3.63) is 71.0 Å². The van der Waals surface area contributed by atoms with Crippen LogP contribution in [0, 0.1) is 6.92 Å². The van der Waals surface area contributed by atoms with Crippen molar-refractivity contribution >= 4 is 17.3 Å². The number of amides is 1. The van der Waals surface area contributed by atoms with Gasteiger partial charge in [0.2, 0.25) is 0 Å². The zero-order chi connectivity index (χ0) is 22.1. The van der Waals surface area contributed by atoms with E-state index >= 15 is 0 Å². The van der Waals surface area contributed by atoms with E-state index in [0.717, 1.165) is 74.5 Å². The Balaban J connectivity index is 1.35. The number of hydrogen-bond donors (Lipinski definition) is 1. The van der Waals surface area contributed by atoms with Gasteiger partial charge in [0.05, 0.1) is 5.69 Å². The highest BCUT2D eigenvalue weighted by atomic mass is 16.2. The van der Waals surface area contributed by atoms with Crippen molar-refractivity contribution in [2.45, 2.75) is 33.1 Å². The molecule has 1 amide bonds. The summed E-state index contributed by atoms with van der Waals surface area (Å²) in [4.78, 5) is 18.1. The predicted molar refractivity (Wildman–Crippen MR) is 129 cm³/mol. The van der Waals surface area contributed by atoms with Crippen LogP contribution in [-0.4, -0.2) is 53.3 Å². The van der Waals surface area contributed by atoms with E-state index in [4.69, 9.17) is 5.10 Å². The number of aryl methyl sites for hydroxylation is 1. The molecule has 6 heteroatoms. The van der Waals surface area contributed by atoms with Crippen molar-refractivity contribution in [2.24, 2.45) is 0 Å². The molecule has 0 spiro atoms. The van der Waals surface area contributed by atoms with Crippen molar-refractivity contribution < 1.29 is 4.79 Å². The molecule has 0 unspecified atom stereocenters. The third-order valence-electron chi connectivity index (χ3n) is 6.79. The summed E-state index contributed by atoms with van der Waals surface area (Å²) in [5.74, 6) is -0.120. The van der Waals surface area contributed by atoms with Crippen LogP contribution < -0.4 is 10.2 Å². The minimum atomic E-state index is -0.120. The molecule has 1 N–H and O–H groups in total. The molecule has 5 rings (SSSR count). The molecule has 1 aliphatic carbocycles. The van der Waals surface area contributed by atoms with Gasteiger partial charge in [-0.3, -0.25) is 4.79 Å². The first-order valence-corrected chi connectivity index (χ1v) is 11.7. The van der Waals surface area contributed by atoms with Gasteiger partial charge in [-0.1, -0.05) is 25.1 Å². The Morgan fingerprint density at radius 2 is 1.78 bits per heavy atom. The van der Waals surface area contributed by atoms with Crippen LogP contribution in [0.4, 0.5) is 11.4 Å². The normalized spacial score (nSPS) is 16.2. The smallest absolute Gasteiger partial charge is 0.276 e. The second kappa shape index (κ2) is 8.79. The van der Waals surface area contributed by atoms with Gasteiger partial charge in [0.15, 0.2) is 5.69 Å². The van der Waals surface area contributed by atoms with Gasteiger partial charge < -0.3 is 15.1 Å². The molecule has 0 radical (unpaired) electrons. The molecule has 3 aromatic rings. The summed E-state index contributed by atoms with van der Waals surface area (Å²) in [6.45, 7) is 9.68. The summed E-state index contributed by atoms with van der Waals surface area (Å²) in [5.41, 5.74) is 6.98. The second-order valence-electron chi connectivity index (χ2n) is 8.75. The lowest BCUT2D eigenvalue weighted by atomic mass is 10.1. The first-order valence-electron chi connectivity index (χ1n) is 11.7. The summed E-state index contributed by atoms with van der Waals surface area (Å²) in [5, 5.41) is 7.85. The highest BCUT2D eigenvalue weighted by Gasteiger charge is 2.27. The average Bonchev–Trinajstić information content (AvgIpc) is 3.44. The van der Waals surface area contributed by atoms with Crippen LogP contribution in [0.2, 0.25) is 0 Å². The van der Waals surface area contributed by atoms with Gasteiger partial charge in [-0.25, -0.2) is 4.68 Å². The molecule has 166 valence electrons. The van der Waals surface area contributed by atoms with Crippen LogP contribution in [0.5, 0.6) is 0 Å². The summed E-state index contributed by atoms with van der Waals surface area (Å²) < 4.78 is 1.95. The molecule has 1 saturated heterocycles. The second-order valence-corrected chi connectivity index (χ2v) is 8.75. The molecular formula is C26H31N5O. The maximum atomic E-state index is 13.2. The van der Waals surface area contributed by atoms with Crippen LogP contribution in [0.3, 0.4) is 0 Å². The van der Waals surface area contributed by atoms with E-state index in [2.05, 4.69) is 41.1 Å². The van der Waals surface area contributed by atoms with Crippen LogP contribution in [0.25, 0.3) is 5.69 Å². The number of aromatic nitrogens is 2. The van der Waals surface area contributed by atoms with Gasteiger partial charge in [0.1, 0.15) is 0 Å². The zero-order valence-electron chi connectivity index (χ0n) is 19.0. The van der Waals surface area contributed by atoms with E-state index < -0.39 is 0 Å². The highest BCUT2D eigenvalue weighted by molar-refractivity contribution is 6.04. The number of likely N-dealkylation sites (N-methyl/N-ethyl adjacent to an activating group) is 1. The van der Waals surface area contributed by atoms with Crippen LogP contribution in [-0.2, 0) is 12.8 Å². The number of carbonyl (C=O) groups excluding carboxylic acids is 1. The Bertz CT molecular complexity index is 1110. The number of nitrogens with zero attached hydrogens (tertiary/aromatic N) is 4. The number of anilines is 2. The van der Waals surface area contributed by atoms with Gasteiger partial charge in [-0.15, -0.1) is 0 Å². The fourth-order valence-electron chi connectivity index (χ4n) is 4.89. The van der Waals surface area contributed by atoms with Gasteiger partial charge >= 0.3 is 0 Å². The minimum Gasteiger partial charge on any atom is -0.369 e. The van der Waals surface area contributed by atoms with Crippen LogP contribution >= 0.6 is 0 Å². The van der Waals surface area contributed by atoms with Crippen molar-refractivity contribution in [3.8, 4) is 5.69 Å². The first-order chi connectivity index (χ1) is 15.6. The third-order valence-corrected chi connectivity index (χ3v) is 6.79. The first kappa shape index (κ1) is 20.8. The van der Waals surface area contributed by atoms with Crippen LogP contribution in [0.15, 0.2) is 48.5 Å². The van der Waals surface area contributed by atoms with E-state index in [1.807, 2.05) is 41.1 Å². The molecule has 2 aromatic carbocycles. The van der Waals surface area contributed by atoms with E-state index in [1.54, 1.807) is 0 Å². The monoisotopic (exact) mass is 429 g/mol. The van der Waals surface area contributed by atoms with Crippen molar-refractivity contribution in [3.63, 3.8) is 0 Å². The van der Waals surface area contributed by atoms with E-state index in [1.165, 1.54) is 11.4 Å². The lowest BCUT2D eigenvalue weighted by molar-refractivity contribution is 0.102. The standard InChI is InChI=1S/C26H31N5O/c1-3-29-14-16-30(17-15-29)21-12-13-23(19(2)18-21)27-26(32)25-22-10-7-11-24(22)31(28-25)20-8-5-4-6-9-20/h4-6,8-9,12-13,18H,3,7,10-11,14-17H2,1-2H3,(H,27,32). The topological polar surface area (TPSA) is 53.4 Å². The number of piperazine rings is 1. The number of rotatable bonds is 5. The summed E-state index contributed by atoms with van der Waals surface area (Å²) in [6, 6.07) is 16.4. The fraction of sp³-hybridized carbons (Fsp3) is 0.385. The molecule has 32 heavy (non-hydrogen) atoms. The van der Waals surface area contributed by atoms with Crippen molar-refractivity contribution in [2.75, 3.05) is 42.9 Å². The fourth-order valence-corrected chi connectivity index (χ4v) is 4.89. The number of para-hydroxylation sites is 1. The number of benzene rings is 2. The quantitative estimate of drug-likeness (QED) is 0.665. The Kier molecular flexibility index (Phi) is 5.70. The lowest BCUT2D eigenvalue weighted by Crippen LogP contribution is -2.46. The number of fused-ring (bicyclic) bond motifs is 1. The molecule has 1 aliphatic heterocycles. The summed E-state index contributed by atoms with van der Waals surface area (Å²) >= 11 is 0. The van der Waals surface area contributed by atoms with Gasteiger partial charge in [-0.2, -0.15) is 5.10 Å². The van der Waals surface area contributed by atoms with Crippen molar-refractivity contribution in [1.29, 1.82) is 0 Å². The minimum absolute atomic E-state index is 0.120. The Labute approximate surface area is 189 Å². The molecule has 1 aromatic heterocycles. The zero-order valence-corrected chi connectivity index (χ0v) is 19.0. The van der Waals surface area contributed by atoms with Gasteiger partial charge in [0, 0.05) is 48.8 Å². The van der Waals surface area contributed by atoms with Gasteiger partial charge in [0.25, 0.3) is 5.91 Å². The van der Waals surface area contributed by atoms with Crippen LogP contribution in [0.1, 0.15) is 40.7 Å².